The molecule has 2 heterocycles. The Kier molecular flexibility index (Phi) is 3.58. The molecule has 21 heavy (non-hydrogen) atoms. The number of aromatic carboxylic acids is 1. The minimum absolute atomic E-state index is 0.157. The lowest BCUT2D eigenvalue weighted by Crippen LogP contribution is -2.03. The number of carboxylic acid groups (broad SMARTS) is 1. The van der Waals surface area contributed by atoms with Gasteiger partial charge in [0, 0.05) is 24.6 Å². The van der Waals surface area contributed by atoms with E-state index >= 15 is 0 Å². The normalized spacial score (nSPS) is 15.1. The third kappa shape index (κ3) is 2.60. The number of amides is 1. The lowest BCUT2D eigenvalue weighted by molar-refractivity contribution is -0.110. The third-order valence-corrected chi connectivity index (χ3v) is 4.89. The highest BCUT2D eigenvalue weighted by molar-refractivity contribution is 14.1. The molecule has 1 aromatic heterocycles. The molecule has 0 saturated heterocycles. The molecular weight excluding hydrogens is 401 g/mol. The lowest BCUT2D eigenvalue weighted by atomic mass is 10.1. The van der Waals surface area contributed by atoms with Gasteiger partial charge in [-0.25, -0.2) is 4.79 Å². The van der Waals surface area contributed by atoms with Crippen LogP contribution in [0.4, 0.5) is 5.69 Å². The summed E-state index contributed by atoms with van der Waals surface area (Å²) >= 11 is 3.57. The quantitative estimate of drug-likeness (QED) is 0.583. The van der Waals surface area contributed by atoms with Gasteiger partial charge in [-0.1, -0.05) is 0 Å². The molecule has 0 spiro atoms. The first-order valence-corrected chi connectivity index (χ1v) is 8.02. The monoisotopic (exact) mass is 411 g/mol. The number of carboxylic acids is 1. The van der Waals surface area contributed by atoms with E-state index in [-0.39, 0.29) is 11.5 Å². The Labute approximate surface area is 138 Å². The van der Waals surface area contributed by atoms with E-state index in [1.807, 2.05) is 18.2 Å². The van der Waals surface area contributed by atoms with E-state index in [4.69, 9.17) is 5.11 Å². The Balaban J connectivity index is 2.08. The smallest absolute Gasteiger partial charge is 0.336 e. The molecule has 106 valence electrons. The van der Waals surface area contributed by atoms with E-state index in [0.717, 1.165) is 24.6 Å². The summed E-state index contributed by atoms with van der Waals surface area (Å²) in [5, 5.41) is 11.9. The van der Waals surface area contributed by atoms with Crippen LogP contribution >= 0.6 is 33.9 Å². The zero-order valence-corrected chi connectivity index (χ0v) is 13.9. The number of halogens is 1. The molecule has 6 heteroatoms. The molecule has 3 rings (SSSR count). The average molecular weight is 411 g/mol. The molecule has 0 atom stereocenters. The average Bonchev–Trinajstić information content (AvgIpc) is 2.92. The topological polar surface area (TPSA) is 66.4 Å². The van der Waals surface area contributed by atoms with Crippen molar-refractivity contribution in [2.24, 2.45) is 0 Å². The molecule has 0 bridgehead atoms. The SMILES string of the molecule is Cc1sc(/C=C2\C(=O)Nc3ccc(I)cc32)cc1C(=O)O. The Hall–Kier alpha value is -1.67. The van der Waals surface area contributed by atoms with Gasteiger partial charge in [0.25, 0.3) is 5.91 Å². The molecule has 1 amide bonds. The first kappa shape index (κ1) is 14.3. The number of hydrogen-bond acceptors (Lipinski definition) is 3. The highest BCUT2D eigenvalue weighted by atomic mass is 127. The lowest BCUT2D eigenvalue weighted by Gasteiger charge is -1.98. The number of hydrogen-bond donors (Lipinski definition) is 2. The van der Waals surface area contributed by atoms with Crippen molar-refractivity contribution in [3.8, 4) is 0 Å². The van der Waals surface area contributed by atoms with Crippen LogP contribution in [0.2, 0.25) is 0 Å². The minimum Gasteiger partial charge on any atom is -0.478 e. The van der Waals surface area contributed by atoms with Crippen LogP contribution in [0.1, 0.15) is 25.7 Å². The second-order valence-corrected chi connectivity index (χ2v) is 7.16. The number of benzene rings is 1. The largest absolute Gasteiger partial charge is 0.478 e. The molecule has 0 aliphatic carbocycles. The summed E-state index contributed by atoms with van der Waals surface area (Å²) in [5.41, 5.74) is 2.50. The van der Waals surface area contributed by atoms with Gasteiger partial charge in [-0.3, -0.25) is 4.79 Å². The summed E-state index contributed by atoms with van der Waals surface area (Å²) in [6, 6.07) is 7.35. The van der Waals surface area contributed by atoms with Gasteiger partial charge >= 0.3 is 5.97 Å². The first-order chi connectivity index (χ1) is 9.95. The van der Waals surface area contributed by atoms with Gasteiger partial charge < -0.3 is 10.4 Å². The molecule has 1 aliphatic rings. The van der Waals surface area contributed by atoms with E-state index in [2.05, 4.69) is 27.9 Å². The molecule has 0 saturated carbocycles. The number of rotatable bonds is 2. The number of anilines is 1. The molecule has 0 fully saturated rings. The van der Waals surface area contributed by atoms with Gasteiger partial charge in [0.1, 0.15) is 0 Å². The van der Waals surface area contributed by atoms with Crippen LogP contribution in [-0.2, 0) is 4.79 Å². The van der Waals surface area contributed by atoms with Crippen LogP contribution in [0.25, 0.3) is 11.6 Å². The predicted octanol–water partition coefficient (Wildman–Crippen LogP) is 3.85. The van der Waals surface area contributed by atoms with E-state index in [1.54, 1.807) is 19.1 Å². The zero-order chi connectivity index (χ0) is 15.1. The summed E-state index contributed by atoms with van der Waals surface area (Å²) in [5.74, 6) is -1.10. The van der Waals surface area contributed by atoms with Crippen molar-refractivity contribution in [2.75, 3.05) is 5.32 Å². The van der Waals surface area contributed by atoms with Crippen LogP contribution in [0.5, 0.6) is 0 Å². The fourth-order valence-electron chi connectivity index (χ4n) is 2.23. The van der Waals surface area contributed by atoms with Gasteiger partial charge in [0.2, 0.25) is 0 Å². The van der Waals surface area contributed by atoms with Crippen molar-refractivity contribution in [1.29, 1.82) is 0 Å². The number of aryl methyl sites for hydroxylation is 1. The molecule has 0 radical (unpaired) electrons. The fraction of sp³-hybridized carbons (Fsp3) is 0.0667. The molecule has 2 N–H and O–H groups in total. The highest BCUT2D eigenvalue weighted by Gasteiger charge is 2.24. The van der Waals surface area contributed by atoms with Gasteiger partial charge in [0.15, 0.2) is 0 Å². The summed E-state index contributed by atoms with van der Waals surface area (Å²) < 4.78 is 1.04. The molecule has 1 aliphatic heterocycles. The zero-order valence-electron chi connectivity index (χ0n) is 10.9. The molecular formula is C15H10INO3S. The van der Waals surface area contributed by atoms with Crippen molar-refractivity contribution >= 4 is 63.1 Å². The number of carbonyl (C=O) groups excluding carboxylic acids is 1. The van der Waals surface area contributed by atoms with E-state index in [1.165, 1.54) is 11.3 Å². The second kappa shape index (κ2) is 5.27. The number of carbonyl (C=O) groups is 2. The van der Waals surface area contributed by atoms with Crippen LogP contribution < -0.4 is 5.32 Å². The molecule has 2 aromatic rings. The van der Waals surface area contributed by atoms with Crippen LogP contribution in [0.15, 0.2) is 24.3 Å². The van der Waals surface area contributed by atoms with Crippen LogP contribution in [0, 0.1) is 10.5 Å². The number of thiophene rings is 1. The van der Waals surface area contributed by atoms with E-state index in [0.29, 0.717) is 5.57 Å². The van der Waals surface area contributed by atoms with E-state index in [9.17, 15) is 9.59 Å². The van der Waals surface area contributed by atoms with Crippen molar-refractivity contribution in [3.05, 3.63) is 48.7 Å². The van der Waals surface area contributed by atoms with Crippen molar-refractivity contribution in [3.63, 3.8) is 0 Å². The molecule has 4 nitrogen and oxygen atoms in total. The van der Waals surface area contributed by atoms with Crippen molar-refractivity contribution in [1.82, 2.24) is 0 Å². The van der Waals surface area contributed by atoms with Gasteiger partial charge in [-0.15, -0.1) is 11.3 Å². The summed E-state index contributed by atoms with van der Waals surface area (Å²) in [7, 11) is 0. The number of fused-ring (bicyclic) bond motifs is 1. The van der Waals surface area contributed by atoms with Crippen molar-refractivity contribution < 1.29 is 14.7 Å². The van der Waals surface area contributed by atoms with Gasteiger partial charge in [0.05, 0.1) is 11.1 Å². The maximum atomic E-state index is 12.1. The van der Waals surface area contributed by atoms with Gasteiger partial charge in [-0.2, -0.15) is 0 Å². The predicted molar refractivity (Wildman–Crippen MR) is 91.7 cm³/mol. The maximum absolute atomic E-state index is 12.1. The Bertz CT molecular complexity index is 807. The number of nitrogens with one attached hydrogen (secondary N) is 1. The van der Waals surface area contributed by atoms with Crippen LogP contribution in [-0.4, -0.2) is 17.0 Å². The molecule has 1 aromatic carbocycles. The fourth-order valence-corrected chi connectivity index (χ4v) is 3.69. The van der Waals surface area contributed by atoms with Crippen molar-refractivity contribution in [2.45, 2.75) is 6.92 Å². The molecule has 0 unspecified atom stereocenters. The highest BCUT2D eigenvalue weighted by Crippen LogP contribution is 2.35. The first-order valence-electron chi connectivity index (χ1n) is 6.12. The van der Waals surface area contributed by atoms with Crippen LogP contribution in [0.3, 0.4) is 0 Å². The van der Waals surface area contributed by atoms with E-state index < -0.39 is 5.97 Å². The Morgan fingerprint density at radius 3 is 2.81 bits per heavy atom. The van der Waals surface area contributed by atoms with Gasteiger partial charge in [-0.05, 0) is 59.9 Å². The maximum Gasteiger partial charge on any atom is 0.336 e. The minimum atomic E-state index is -0.945. The summed E-state index contributed by atoms with van der Waals surface area (Å²) in [6.45, 7) is 1.77. The Morgan fingerprint density at radius 2 is 2.14 bits per heavy atom. The Morgan fingerprint density at radius 1 is 1.38 bits per heavy atom. The standard InChI is InChI=1S/C15H10INO3S/c1-7-10(15(19)20)5-9(21-7)6-12-11-4-8(16)2-3-13(11)17-14(12)18/h2-6H,1H3,(H,17,18)(H,19,20)/b12-6-. The summed E-state index contributed by atoms with van der Waals surface area (Å²) in [4.78, 5) is 24.7. The summed E-state index contributed by atoms with van der Waals surface area (Å²) in [6.07, 6.45) is 1.75. The second-order valence-electron chi connectivity index (χ2n) is 4.63. The third-order valence-electron chi connectivity index (χ3n) is 3.22.